The first kappa shape index (κ1) is 10.9. The quantitative estimate of drug-likeness (QED) is 0.804. The van der Waals surface area contributed by atoms with Crippen LogP contribution in [-0.4, -0.2) is 26.0 Å². The van der Waals surface area contributed by atoms with E-state index in [9.17, 15) is 4.79 Å². The van der Waals surface area contributed by atoms with Gasteiger partial charge >= 0.3 is 5.97 Å². The van der Waals surface area contributed by atoms with Gasteiger partial charge in [-0.1, -0.05) is 6.07 Å². The lowest BCUT2D eigenvalue weighted by molar-refractivity contribution is -0.130. The highest BCUT2D eigenvalue weighted by Crippen LogP contribution is 2.16. The maximum Gasteiger partial charge on any atom is 0.336 e. The van der Waals surface area contributed by atoms with Gasteiger partial charge in [-0.25, -0.2) is 14.8 Å². The van der Waals surface area contributed by atoms with Crippen molar-refractivity contribution in [2.75, 3.05) is 0 Å². The second-order valence-electron chi connectivity index (χ2n) is 3.28. The number of nitrogens with zero attached hydrogens (tertiary/aromatic N) is 3. The van der Waals surface area contributed by atoms with Gasteiger partial charge in [0.05, 0.1) is 5.57 Å². The molecule has 84 valence electrons. The van der Waals surface area contributed by atoms with Gasteiger partial charge in [-0.2, -0.15) is 0 Å². The molecule has 17 heavy (non-hydrogen) atoms. The van der Waals surface area contributed by atoms with Crippen LogP contribution in [-0.2, 0) is 4.79 Å². The minimum atomic E-state index is -1.01. The predicted molar refractivity (Wildman–Crippen MR) is 61.8 cm³/mol. The van der Waals surface area contributed by atoms with E-state index in [2.05, 4.69) is 15.0 Å². The molecule has 0 aliphatic rings. The molecule has 0 aliphatic heterocycles. The number of aromatic nitrogens is 3. The number of hydrogen-bond donors (Lipinski definition) is 1. The van der Waals surface area contributed by atoms with Crippen LogP contribution >= 0.6 is 0 Å². The highest BCUT2D eigenvalue weighted by Gasteiger charge is 2.10. The van der Waals surface area contributed by atoms with Gasteiger partial charge in [0.1, 0.15) is 6.33 Å². The number of pyridine rings is 1. The summed E-state index contributed by atoms with van der Waals surface area (Å²) in [6.45, 7) is 0. The molecule has 0 atom stereocenters. The zero-order valence-electron chi connectivity index (χ0n) is 8.82. The van der Waals surface area contributed by atoms with E-state index in [1.165, 1.54) is 18.6 Å². The summed E-state index contributed by atoms with van der Waals surface area (Å²) < 4.78 is 0. The Kier molecular flexibility index (Phi) is 3.20. The number of carboxylic acids is 1. The lowest BCUT2D eigenvalue weighted by Gasteiger charge is -2.01. The summed E-state index contributed by atoms with van der Waals surface area (Å²) in [6.07, 6.45) is 9.10. The van der Waals surface area contributed by atoms with E-state index in [0.717, 1.165) is 0 Å². The summed E-state index contributed by atoms with van der Waals surface area (Å²) in [6, 6.07) is 3.38. The molecule has 5 heteroatoms. The monoisotopic (exact) mass is 227 g/mol. The van der Waals surface area contributed by atoms with Crippen molar-refractivity contribution in [1.82, 2.24) is 15.0 Å². The van der Waals surface area contributed by atoms with Crippen molar-refractivity contribution in [3.8, 4) is 0 Å². The summed E-state index contributed by atoms with van der Waals surface area (Å²) in [7, 11) is 0. The van der Waals surface area contributed by atoms with E-state index in [1.54, 1.807) is 30.7 Å². The zero-order chi connectivity index (χ0) is 12.1. The molecule has 0 saturated carbocycles. The molecule has 0 saturated heterocycles. The fourth-order valence-electron chi connectivity index (χ4n) is 1.34. The zero-order valence-corrected chi connectivity index (χ0v) is 8.82. The first-order valence-electron chi connectivity index (χ1n) is 4.88. The molecular weight excluding hydrogens is 218 g/mol. The number of carbonyl (C=O) groups is 1. The van der Waals surface area contributed by atoms with Gasteiger partial charge in [-0.15, -0.1) is 0 Å². The van der Waals surface area contributed by atoms with Crippen molar-refractivity contribution in [3.05, 3.63) is 54.4 Å². The fourth-order valence-corrected chi connectivity index (χ4v) is 1.34. The summed E-state index contributed by atoms with van der Waals surface area (Å²) in [4.78, 5) is 22.7. The minimum absolute atomic E-state index is 0.160. The Morgan fingerprint density at radius 3 is 2.53 bits per heavy atom. The Labute approximate surface area is 97.5 Å². The molecule has 1 N–H and O–H groups in total. The molecule has 0 unspecified atom stereocenters. The highest BCUT2D eigenvalue weighted by atomic mass is 16.4. The molecule has 0 spiro atoms. The second-order valence-corrected chi connectivity index (χ2v) is 3.28. The Morgan fingerprint density at radius 2 is 1.94 bits per heavy atom. The maximum absolute atomic E-state index is 11.2. The van der Waals surface area contributed by atoms with Crippen LogP contribution in [0.4, 0.5) is 0 Å². The van der Waals surface area contributed by atoms with Gasteiger partial charge in [0.25, 0.3) is 0 Å². The third-order valence-electron chi connectivity index (χ3n) is 2.09. The van der Waals surface area contributed by atoms with Crippen molar-refractivity contribution in [3.63, 3.8) is 0 Å². The molecule has 2 rings (SSSR count). The summed E-state index contributed by atoms with van der Waals surface area (Å²) in [5, 5.41) is 9.15. The van der Waals surface area contributed by atoms with Gasteiger partial charge in [0, 0.05) is 35.9 Å². The van der Waals surface area contributed by atoms with E-state index in [-0.39, 0.29) is 5.57 Å². The third kappa shape index (κ3) is 2.72. The molecule has 0 radical (unpaired) electrons. The van der Waals surface area contributed by atoms with Gasteiger partial charge in [0.2, 0.25) is 0 Å². The van der Waals surface area contributed by atoms with E-state index < -0.39 is 5.97 Å². The summed E-state index contributed by atoms with van der Waals surface area (Å²) in [5.74, 6) is -1.01. The van der Waals surface area contributed by atoms with Crippen molar-refractivity contribution in [1.29, 1.82) is 0 Å². The SMILES string of the molecule is O=C(O)C(=Cc1cncnc1)c1cccnc1. The van der Waals surface area contributed by atoms with Crippen molar-refractivity contribution in [2.45, 2.75) is 0 Å². The summed E-state index contributed by atoms with van der Waals surface area (Å²) >= 11 is 0. The van der Waals surface area contributed by atoms with Crippen LogP contribution in [0.3, 0.4) is 0 Å². The molecule has 5 nitrogen and oxygen atoms in total. The molecule has 0 aliphatic carbocycles. The van der Waals surface area contributed by atoms with Crippen LogP contribution in [0.2, 0.25) is 0 Å². The van der Waals surface area contributed by atoms with Crippen LogP contribution in [0, 0.1) is 0 Å². The summed E-state index contributed by atoms with van der Waals surface area (Å²) in [5.41, 5.74) is 1.34. The van der Waals surface area contributed by atoms with Crippen LogP contribution in [0.25, 0.3) is 11.6 Å². The molecular formula is C12H9N3O2. The van der Waals surface area contributed by atoms with Crippen molar-refractivity contribution < 1.29 is 9.90 Å². The van der Waals surface area contributed by atoms with Crippen molar-refractivity contribution in [2.24, 2.45) is 0 Å². The Bertz CT molecular complexity index is 538. The molecule has 2 aromatic rings. The van der Waals surface area contributed by atoms with Crippen LogP contribution in [0.1, 0.15) is 11.1 Å². The Hall–Kier alpha value is -2.56. The van der Waals surface area contributed by atoms with Crippen molar-refractivity contribution >= 4 is 17.6 Å². The number of aliphatic carboxylic acids is 1. The number of rotatable bonds is 3. The normalized spacial score (nSPS) is 11.2. The molecule has 0 amide bonds. The van der Waals surface area contributed by atoms with Crippen LogP contribution < -0.4 is 0 Å². The first-order valence-corrected chi connectivity index (χ1v) is 4.88. The first-order chi connectivity index (χ1) is 8.27. The Morgan fingerprint density at radius 1 is 1.18 bits per heavy atom. The highest BCUT2D eigenvalue weighted by molar-refractivity contribution is 6.20. The maximum atomic E-state index is 11.2. The second kappa shape index (κ2) is 4.98. The molecule has 0 fully saturated rings. The van der Waals surface area contributed by atoms with Gasteiger partial charge in [-0.05, 0) is 12.1 Å². The lowest BCUT2D eigenvalue weighted by atomic mass is 10.1. The standard InChI is InChI=1S/C12H9N3O2/c16-12(17)11(10-2-1-3-13-7-10)4-9-5-14-8-15-6-9/h1-8H,(H,16,17). The molecule has 2 aromatic heterocycles. The Balaban J connectivity index is 2.44. The largest absolute Gasteiger partial charge is 0.478 e. The molecule has 2 heterocycles. The van der Waals surface area contributed by atoms with E-state index in [1.807, 2.05) is 0 Å². The fraction of sp³-hybridized carbons (Fsp3) is 0. The topological polar surface area (TPSA) is 76.0 Å². The van der Waals surface area contributed by atoms with E-state index in [4.69, 9.17) is 5.11 Å². The molecule has 0 aromatic carbocycles. The average Bonchev–Trinajstić information content (AvgIpc) is 2.38. The smallest absolute Gasteiger partial charge is 0.336 e. The van der Waals surface area contributed by atoms with Gasteiger partial charge in [0.15, 0.2) is 0 Å². The average molecular weight is 227 g/mol. The number of hydrogen-bond acceptors (Lipinski definition) is 4. The predicted octanol–water partition coefficient (Wildman–Crippen LogP) is 1.50. The lowest BCUT2D eigenvalue weighted by Crippen LogP contribution is -2.00. The molecule has 0 bridgehead atoms. The van der Waals surface area contributed by atoms with E-state index in [0.29, 0.717) is 11.1 Å². The van der Waals surface area contributed by atoms with E-state index >= 15 is 0 Å². The van der Waals surface area contributed by atoms with Gasteiger partial charge in [-0.3, -0.25) is 4.98 Å². The van der Waals surface area contributed by atoms with Gasteiger partial charge < -0.3 is 5.11 Å². The van der Waals surface area contributed by atoms with Crippen LogP contribution in [0.15, 0.2) is 43.2 Å². The third-order valence-corrected chi connectivity index (χ3v) is 2.09. The minimum Gasteiger partial charge on any atom is -0.478 e. The number of carboxylic acid groups (broad SMARTS) is 1. The van der Waals surface area contributed by atoms with Crippen LogP contribution in [0.5, 0.6) is 0 Å².